The van der Waals surface area contributed by atoms with Gasteiger partial charge in [0, 0.05) is 0 Å². The normalized spacial score (nSPS) is 56.9. The molecule has 10 N–H and O–H groups in total. The lowest BCUT2D eigenvalue weighted by Crippen LogP contribution is -2.66. The van der Waals surface area contributed by atoms with Crippen molar-refractivity contribution in [2.45, 2.75) is 151 Å². The number of ether oxygens (including phenoxy) is 7. The first-order valence-corrected chi connectivity index (χ1v) is 13.5. The molecule has 0 saturated carbocycles. The summed E-state index contributed by atoms with van der Waals surface area (Å²) in [5.41, 5.74) is 0. The minimum Gasteiger partial charge on any atom is -0.388 e. The lowest BCUT2D eigenvalue weighted by atomic mass is 9.96. The van der Waals surface area contributed by atoms with Gasteiger partial charge in [0.25, 0.3) is 0 Å². The van der Waals surface area contributed by atoms with E-state index in [2.05, 4.69) is 0 Å². The van der Waals surface area contributed by atoms with Crippen molar-refractivity contribution in [1.29, 1.82) is 0 Å². The van der Waals surface area contributed by atoms with Crippen LogP contribution in [-0.4, -0.2) is 174 Å². The lowest BCUT2D eigenvalue weighted by molar-refractivity contribution is -0.383. The molecule has 4 aliphatic rings. The SMILES string of the molecule is C[C@@H]1O[C@@H](O[C@@H]2[C@@H](O)[C@@H](O)[C@H](O[C@@H]3[C@@H](O)[C@@H](O)[C@H](O[C@@H]4[C@@H](O)[C@@H](O)[C@@H](C)O[C@H]4O)O[C@H]3C)O[C@H]2C)[C@H](O)[C@H](O)[C@H]1O. The molecular weight excluding hydrogens is 560 g/mol. The maximum absolute atomic E-state index is 10.8. The molecule has 240 valence electrons. The van der Waals surface area contributed by atoms with E-state index < -0.39 is 123 Å². The summed E-state index contributed by atoms with van der Waals surface area (Å²) in [6.07, 6.45) is -28.7. The Balaban J connectivity index is 1.37. The van der Waals surface area contributed by atoms with Gasteiger partial charge in [-0.05, 0) is 27.7 Å². The van der Waals surface area contributed by atoms with Gasteiger partial charge >= 0.3 is 0 Å². The molecule has 4 aliphatic heterocycles. The summed E-state index contributed by atoms with van der Waals surface area (Å²) in [7, 11) is 0. The smallest absolute Gasteiger partial charge is 0.187 e. The summed E-state index contributed by atoms with van der Waals surface area (Å²) in [6, 6.07) is 0. The zero-order valence-corrected chi connectivity index (χ0v) is 22.9. The maximum atomic E-state index is 10.8. The van der Waals surface area contributed by atoms with Crippen molar-refractivity contribution >= 4 is 0 Å². The molecule has 20 atom stereocenters. The fourth-order valence-corrected chi connectivity index (χ4v) is 5.37. The maximum Gasteiger partial charge on any atom is 0.187 e. The summed E-state index contributed by atoms with van der Waals surface area (Å²) < 4.78 is 38.6. The minimum atomic E-state index is -1.79. The van der Waals surface area contributed by atoms with Crippen LogP contribution in [0.5, 0.6) is 0 Å². The van der Waals surface area contributed by atoms with Gasteiger partial charge in [0.1, 0.15) is 73.2 Å². The van der Waals surface area contributed by atoms with Crippen LogP contribution in [0.25, 0.3) is 0 Å². The molecule has 0 aliphatic carbocycles. The van der Waals surface area contributed by atoms with E-state index in [1.54, 1.807) is 0 Å². The number of rotatable bonds is 6. The van der Waals surface area contributed by atoms with Crippen LogP contribution in [-0.2, 0) is 33.2 Å². The molecule has 0 aromatic heterocycles. The summed E-state index contributed by atoms with van der Waals surface area (Å²) in [5, 5.41) is 104. The third-order valence-corrected chi connectivity index (χ3v) is 8.04. The van der Waals surface area contributed by atoms with Crippen LogP contribution in [0.1, 0.15) is 27.7 Å². The third-order valence-electron chi connectivity index (χ3n) is 8.04. The zero-order valence-electron chi connectivity index (χ0n) is 22.9. The van der Waals surface area contributed by atoms with Crippen molar-refractivity contribution in [2.24, 2.45) is 0 Å². The molecule has 17 nitrogen and oxygen atoms in total. The Kier molecular flexibility index (Phi) is 10.6. The molecule has 4 saturated heterocycles. The van der Waals surface area contributed by atoms with Crippen LogP contribution in [0.15, 0.2) is 0 Å². The highest BCUT2D eigenvalue weighted by Gasteiger charge is 2.53. The average molecular weight is 603 g/mol. The Bertz CT molecular complexity index is 853. The van der Waals surface area contributed by atoms with E-state index in [0.29, 0.717) is 0 Å². The van der Waals surface area contributed by atoms with Gasteiger partial charge in [-0.25, -0.2) is 0 Å². The van der Waals surface area contributed by atoms with E-state index in [0.717, 1.165) is 0 Å². The number of aliphatic hydroxyl groups is 10. The number of aliphatic hydroxyl groups excluding tert-OH is 10. The molecule has 0 spiro atoms. The van der Waals surface area contributed by atoms with Gasteiger partial charge < -0.3 is 84.2 Å². The van der Waals surface area contributed by atoms with Crippen LogP contribution in [0, 0.1) is 0 Å². The van der Waals surface area contributed by atoms with Crippen molar-refractivity contribution in [2.75, 3.05) is 0 Å². The highest BCUT2D eigenvalue weighted by molar-refractivity contribution is 4.96. The van der Waals surface area contributed by atoms with Gasteiger partial charge in [0.05, 0.1) is 24.4 Å². The van der Waals surface area contributed by atoms with E-state index in [1.165, 1.54) is 27.7 Å². The summed E-state index contributed by atoms with van der Waals surface area (Å²) in [5.74, 6) is 0. The molecule has 17 heteroatoms. The first kappa shape index (κ1) is 33.2. The van der Waals surface area contributed by atoms with Crippen molar-refractivity contribution in [3.05, 3.63) is 0 Å². The van der Waals surface area contributed by atoms with Gasteiger partial charge in [-0.3, -0.25) is 0 Å². The van der Waals surface area contributed by atoms with Crippen molar-refractivity contribution in [1.82, 2.24) is 0 Å². The predicted octanol–water partition coefficient (Wildman–Crippen LogP) is -5.64. The monoisotopic (exact) mass is 602 g/mol. The zero-order chi connectivity index (χ0) is 30.5. The summed E-state index contributed by atoms with van der Waals surface area (Å²) in [4.78, 5) is 0. The van der Waals surface area contributed by atoms with Gasteiger partial charge in [-0.1, -0.05) is 0 Å². The quantitative estimate of drug-likeness (QED) is 0.136. The molecule has 0 aromatic carbocycles. The van der Waals surface area contributed by atoms with Crippen LogP contribution < -0.4 is 0 Å². The van der Waals surface area contributed by atoms with Crippen LogP contribution in [0.2, 0.25) is 0 Å². The van der Waals surface area contributed by atoms with Crippen molar-refractivity contribution in [3.8, 4) is 0 Å². The Labute approximate surface area is 235 Å². The topological polar surface area (TPSA) is 267 Å². The summed E-state index contributed by atoms with van der Waals surface area (Å²) >= 11 is 0. The van der Waals surface area contributed by atoms with E-state index in [9.17, 15) is 51.1 Å². The molecule has 4 heterocycles. The Morgan fingerprint density at radius 1 is 0.341 bits per heavy atom. The first-order chi connectivity index (χ1) is 19.1. The van der Waals surface area contributed by atoms with Crippen molar-refractivity contribution in [3.63, 3.8) is 0 Å². The highest BCUT2D eigenvalue weighted by atomic mass is 16.8. The average Bonchev–Trinajstić information content (AvgIpc) is 2.92. The lowest BCUT2D eigenvalue weighted by Gasteiger charge is -2.48. The van der Waals surface area contributed by atoms with Crippen LogP contribution in [0.4, 0.5) is 0 Å². The molecule has 41 heavy (non-hydrogen) atoms. The predicted molar refractivity (Wildman–Crippen MR) is 128 cm³/mol. The van der Waals surface area contributed by atoms with E-state index in [-0.39, 0.29) is 0 Å². The molecule has 0 radical (unpaired) electrons. The fourth-order valence-electron chi connectivity index (χ4n) is 5.37. The number of hydrogen-bond acceptors (Lipinski definition) is 17. The Hall–Kier alpha value is -0.680. The molecule has 0 aromatic rings. The largest absolute Gasteiger partial charge is 0.388 e. The van der Waals surface area contributed by atoms with Crippen molar-refractivity contribution < 1.29 is 84.2 Å². The van der Waals surface area contributed by atoms with E-state index >= 15 is 0 Å². The number of hydrogen-bond donors (Lipinski definition) is 10. The standard InChI is InChI=1S/C24H42O17/c1-5-10(26)12(28)20(21(34)35-5)41-24-17(33)14(30)19(8(4)38-24)40-23-16(32)13(29)18(7(3)37-23)39-22-15(31)11(27)9(25)6(2)36-22/h5-34H,1-4H3/t5-,6+,7+,8+,9+,10+,11-,12+,13+,14+,15-,16-,17-,18+,19+,20-,21-,22+,23+,24+/m1/s1. The Morgan fingerprint density at radius 2 is 0.659 bits per heavy atom. The molecule has 0 unspecified atom stereocenters. The minimum absolute atomic E-state index is 0.896. The van der Waals surface area contributed by atoms with Crippen LogP contribution in [0.3, 0.4) is 0 Å². The van der Waals surface area contributed by atoms with Gasteiger partial charge in [0.2, 0.25) is 0 Å². The van der Waals surface area contributed by atoms with Gasteiger partial charge in [0.15, 0.2) is 25.2 Å². The van der Waals surface area contributed by atoms with E-state index in [4.69, 9.17) is 33.2 Å². The fraction of sp³-hybridized carbons (Fsp3) is 1.00. The van der Waals surface area contributed by atoms with Crippen LogP contribution >= 0.6 is 0 Å². The molecule has 0 bridgehead atoms. The van der Waals surface area contributed by atoms with Gasteiger partial charge in [-0.15, -0.1) is 0 Å². The Morgan fingerprint density at radius 3 is 1.12 bits per heavy atom. The van der Waals surface area contributed by atoms with E-state index in [1.807, 2.05) is 0 Å². The molecule has 4 fully saturated rings. The molecule has 4 rings (SSSR count). The molecule has 0 amide bonds. The summed E-state index contributed by atoms with van der Waals surface area (Å²) in [6.45, 7) is 5.80. The first-order valence-electron chi connectivity index (χ1n) is 13.5. The van der Waals surface area contributed by atoms with Gasteiger partial charge in [-0.2, -0.15) is 0 Å². The third kappa shape index (κ3) is 6.57. The second kappa shape index (κ2) is 13.1. The second-order valence-corrected chi connectivity index (χ2v) is 11.1. The second-order valence-electron chi connectivity index (χ2n) is 11.1. The highest BCUT2D eigenvalue weighted by Crippen LogP contribution is 2.33. The molecular formula is C24H42O17.